The lowest BCUT2D eigenvalue weighted by Crippen LogP contribution is -2.44. The number of hydrogen-bond donors (Lipinski definition) is 4. The van der Waals surface area contributed by atoms with Crippen molar-refractivity contribution in [3.63, 3.8) is 0 Å². The number of nitrogens with one attached hydrogen (secondary N) is 3. The maximum Gasteiger partial charge on any atom is 0.308 e. The Hall–Kier alpha value is -5.74. The van der Waals surface area contributed by atoms with E-state index in [1.165, 1.54) is 0 Å². The van der Waals surface area contributed by atoms with Crippen molar-refractivity contribution in [2.24, 2.45) is 11.8 Å². The standard InChI is InChI=1S/C22H26ClN7O.C21H23ClN6O2/c1-13-8-17-16(11-30(13)18-9-19(23)28-20-15(18)5-6-25-20)21(27-12-26-17)29-7-3-4-14(10-29)22(31)24-2;1-12-7-16-15(10-28(12)17-8-18(22)26-19-14(17)4-5-23-19)20(25-11-24-16)27-6-2-3-13(9-27)21(29)30/h5-6,9,12-14H,3-4,7-8,10-11H2,1-2H3,(H,24,31)(H,25,28);4-5,8,11-13H,2-3,6-7,9-10H2,1H3,(H,23,26)(H,29,30)/t13-,14-;12-,13-/m11/s1. The summed E-state index contributed by atoms with van der Waals surface area (Å²) in [6.07, 6.45) is 12.1. The number of piperidine rings is 2. The number of aliphatic carboxylic acids is 1. The van der Waals surface area contributed by atoms with E-state index in [0.717, 1.165) is 113 Å². The van der Waals surface area contributed by atoms with Crippen molar-refractivity contribution in [2.75, 3.05) is 52.8 Å². The third-order valence-corrected chi connectivity index (χ3v) is 13.1. The molecule has 10 heterocycles. The van der Waals surface area contributed by atoms with Gasteiger partial charge in [-0.2, -0.15) is 0 Å². The lowest BCUT2D eigenvalue weighted by atomic mass is 9.95. The van der Waals surface area contributed by atoms with Gasteiger partial charge >= 0.3 is 5.97 Å². The number of nitrogens with zero attached hydrogens (tertiary/aromatic N) is 10. The minimum absolute atomic E-state index is 0.0125. The highest BCUT2D eigenvalue weighted by Crippen LogP contribution is 2.39. The fraction of sp³-hybridized carbons (Fsp3) is 0.442. The van der Waals surface area contributed by atoms with Gasteiger partial charge in [0.1, 0.15) is 45.9 Å². The molecule has 0 saturated carbocycles. The van der Waals surface area contributed by atoms with Gasteiger partial charge in [-0.1, -0.05) is 23.2 Å². The molecule has 4 aliphatic heterocycles. The summed E-state index contributed by atoms with van der Waals surface area (Å²) >= 11 is 12.6. The molecule has 4 atom stereocenters. The second kappa shape index (κ2) is 17.0. The van der Waals surface area contributed by atoms with Gasteiger partial charge in [0.2, 0.25) is 5.91 Å². The van der Waals surface area contributed by atoms with Gasteiger partial charge in [-0.3, -0.25) is 9.59 Å². The lowest BCUT2D eigenvalue weighted by Gasteiger charge is -2.39. The summed E-state index contributed by atoms with van der Waals surface area (Å²) in [5.74, 6) is 0.792. The molecule has 10 rings (SSSR count). The molecule has 6 aromatic heterocycles. The highest BCUT2D eigenvalue weighted by atomic mass is 35.5. The number of hydrogen-bond acceptors (Lipinski definition) is 12. The summed E-state index contributed by atoms with van der Waals surface area (Å²) < 4.78 is 0. The zero-order valence-electron chi connectivity index (χ0n) is 34.4. The molecule has 16 nitrogen and oxygen atoms in total. The smallest absolute Gasteiger partial charge is 0.308 e. The highest BCUT2D eigenvalue weighted by Gasteiger charge is 2.34. The minimum Gasteiger partial charge on any atom is -0.481 e. The van der Waals surface area contributed by atoms with Gasteiger partial charge in [-0.05, 0) is 63.8 Å². The van der Waals surface area contributed by atoms with Crippen LogP contribution in [0.15, 0.2) is 49.3 Å². The van der Waals surface area contributed by atoms with Crippen LogP contribution in [0, 0.1) is 11.8 Å². The number of halogens is 2. The van der Waals surface area contributed by atoms with E-state index in [4.69, 9.17) is 23.2 Å². The minimum atomic E-state index is -0.737. The Bertz CT molecular complexity index is 2600. The maximum atomic E-state index is 12.2. The van der Waals surface area contributed by atoms with Crippen LogP contribution in [-0.2, 0) is 35.5 Å². The SMILES string of the molecule is CNC(=O)[C@@H]1CCCN(c2ncnc3c2CN(c2cc(Cl)nc4[nH]ccc24)[C@H](C)C3)C1.C[C@@H]1Cc2ncnc(N3CCC[C@@H](C(=O)O)C3)c2CN1c1cc(Cl)nc2[nH]ccc12. The van der Waals surface area contributed by atoms with Crippen LogP contribution in [0.2, 0.25) is 10.3 Å². The molecule has 0 aliphatic carbocycles. The molecule has 1 amide bonds. The van der Waals surface area contributed by atoms with E-state index in [-0.39, 0.29) is 29.8 Å². The van der Waals surface area contributed by atoms with Gasteiger partial charge in [0, 0.05) is 106 Å². The van der Waals surface area contributed by atoms with Crippen molar-refractivity contribution >= 4 is 80.2 Å². The summed E-state index contributed by atoms with van der Waals surface area (Å²) in [6, 6.07) is 8.38. The van der Waals surface area contributed by atoms with Gasteiger partial charge < -0.3 is 40.0 Å². The van der Waals surface area contributed by atoms with Crippen LogP contribution in [0.25, 0.3) is 22.1 Å². The molecule has 0 spiro atoms. The Morgan fingerprint density at radius 1 is 0.738 bits per heavy atom. The first-order valence-corrected chi connectivity index (χ1v) is 21.7. The Labute approximate surface area is 363 Å². The van der Waals surface area contributed by atoms with Crippen molar-refractivity contribution in [3.05, 3.63) is 82.1 Å². The van der Waals surface area contributed by atoms with E-state index in [1.54, 1.807) is 19.7 Å². The Morgan fingerprint density at radius 2 is 1.21 bits per heavy atom. The first-order valence-electron chi connectivity index (χ1n) is 21.0. The Morgan fingerprint density at radius 3 is 1.69 bits per heavy atom. The number of carbonyl (C=O) groups excluding carboxylic acids is 1. The van der Waals surface area contributed by atoms with Gasteiger partial charge in [0.05, 0.1) is 34.6 Å². The van der Waals surface area contributed by atoms with Crippen LogP contribution >= 0.6 is 23.2 Å². The highest BCUT2D eigenvalue weighted by molar-refractivity contribution is 6.30. The summed E-state index contributed by atoms with van der Waals surface area (Å²) in [7, 11) is 1.70. The number of aromatic nitrogens is 8. The van der Waals surface area contributed by atoms with Crippen LogP contribution in [0.4, 0.5) is 23.0 Å². The van der Waals surface area contributed by atoms with Crippen LogP contribution in [0.5, 0.6) is 0 Å². The van der Waals surface area contributed by atoms with Crippen LogP contribution in [0.1, 0.15) is 62.0 Å². The molecule has 61 heavy (non-hydrogen) atoms. The lowest BCUT2D eigenvalue weighted by molar-refractivity contribution is -0.142. The first-order chi connectivity index (χ1) is 29.6. The maximum absolute atomic E-state index is 12.2. The monoisotopic (exact) mass is 865 g/mol. The zero-order chi connectivity index (χ0) is 42.4. The predicted octanol–water partition coefficient (Wildman–Crippen LogP) is 6.18. The fourth-order valence-electron chi connectivity index (χ4n) is 9.59. The third kappa shape index (κ3) is 7.98. The van der Waals surface area contributed by atoms with E-state index < -0.39 is 5.97 Å². The summed E-state index contributed by atoms with van der Waals surface area (Å²) in [5, 5.41) is 15.3. The molecular weight excluding hydrogens is 817 g/mol. The van der Waals surface area contributed by atoms with E-state index >= 15 is 0 Å². The normalized spacial score (nSPS) is 21.5. The number of rotatable bonds is 6. The average Bonchev–Trinajstić information content (AvgIpc) is 3.95. The second-order valence-corrected chi connectivity index (χ2v) is 17.3. The summed E-state index contributed by atoms with van der Waals surface area (Å²) in [4.78, 5) is 66.3. The fourth-order valence-corrected chi connectivity index (χ4v) is 9.96. The van der Waals surface area contributed by atoms with Crippen molar-refractivity contribution < 1.29 is 14.7 Å². The second-order valence-electron chi connectivity index (χ2n) is 16.5. The third-order valence-electron chi connectivity index (χ3n) is 12.7. The number of anilines is 4. The van der Waals surface area contributed by atoms with Crippen LogP contribution in [0.3, 0.4) is 0 Å². The molecule has 2 fully saturated rings. The molecule has 0 radical (unpaired) electrons. The average molecular weight is 867 g/mol. The molecule has 18 heteroatoms. The molecular formula is C43H49Cl2N13O3. The number of carboxylic acid groups (broad SMARTS) is 1. The van der Waals surface area contributed by atoms with E-state index in [0.29, 0.717) is 42.9 Å². The van der Waals surface area contributed by atoms with Crippen LogP contribution in [-0.4, -0.2) is 102 Å². The van der Waals surface area contributed by atoms with Crippen LogP contribution < -0.4 is 24.9 Å². The van der Waals surface area contributed by atoms with Gasteiger partial charge in [-0.25, -0.2) is 29.9 Å². The number of carbonyl (C=O) groups is 2. The Balaban J connectivity index is 0.000000156. The van der Waals surface area contributed by atoms with Crippen molar-refractivity contribution in [3.8, 4) is 0 Å². The number of H-pyrrole nitrogens is 2. The molecule has 4 N–H and O–H groups in total. The van der Waals surface area contributed by atoms with Crippen molar-refractivity contribution in [1.82, 2.24) is 45.2 Å². The first kappa shape index (κ1) is 40.7. The summed E-state index contributed by atoms with van der Waals surface area (Å²) in [5.41, 5.74) is 7.96. The number of pyridine rings is 2. The molecule has 318 valence electrons. The summed E-state index contributed by atoms with van der Waals surface area (Å²) in [6.45, 7) is 8.59. The molecule has 2 saturated heterocycles. The molecule has 6 aromatic rings. The number of amides is 1. The zero-order valence-corrected chi connectivity index (χ0v) is 35.9. The largest absolute Gasteiger partial charge is 0.481 e. The van der Waals surface area contributed by atoms with E-state index in [9.17, 15) is 14.7 Å². The number of carboxylic acids is 1. The quantitative estimate of drug-likeness (QED) is 0.139. The molecule has 0 unspecified atom stereocenters. The van der Waals surface area contributed by atoms with Gasteiger partial charge in [0.15, 0.2) is 0 Å². The molecule has 0 bridgehead atoms. The molecule has 0 aromatic carbocycles. The van der Waals surface area contributed by atoms with E-state index in [1.807, 2.05) is 36.7 Å². The predicted molar refractivity (Wildman–Crippen MR) is 237 cm³/mol. The van der Waals surface area contributed by atoms with Gasteiger partial charge in [-0.15, -0.1) is 0 Å². The molecule has 4 aliphatic rings. The van der Waals surface area contributed by atoms with E-state index in [2.05, 4.69) is 78.6 Å². The number of fused-ring (bicyclic) bond motifs is 4. The van der Waals surface area contributed by atoms with Crippen molar-refractivity contribution in [1.29, 1.82) is 0 Å². The van der Waals surface area contributed by atoms with Gasteiger partial charge in [0.25, 0.3) is 0 Å². The Kier molecular flexibility index (Phi) is 11.3. The number of aromatic amines is 2. The topological polar surface area (TPSA) is 188 Å². The van der Waals surface area contributed by atoms with Crippen molar-refractivity contribution in [2.45, 2.75) is 77.5 Å².